The van der Waals surface area contributed by atoms with Crippen LogP contribution in [0.5, 0.6) is 0 Å². The molecule has 1 heterocycles. The lowest BCUT2D eigenvalue weighted by Crippen LogP contribution is -2.39. The summed E-state index contributed by atoms with van der Waals surface area (Å²) in [7, 11) is 0. The van der Waals surface area contributed by atoms with Crippen LogP contribution in [-0.2, 0) is 9.53 Å². The molecule has 0 aromatic heterocycles. The maximum atomic E-state index is 11.1. The fourth-order valence-corrected chi connectivity index (χ4v) is 2.55. The second-order valence-corrected chi connectivity index (χ2v) is 4.16. The molecule has 3 atom stereocenters. The highest BCUT2D eigenvalue weighted by Gasteiger charge is 2.37. The number of hydrogen-bond acceptors (Lipinski definition) is 2. The van der Waals surface area contributed by atoms with Crippen LogP contribution >= 0.6 is 0 Å². The third-order valence-electron chi connectivity index (χ3n) is 3.26. The highest BCUT2D eigenvalue weighted by Crippen LogP contribution is 2.37. The van der Waals surface area contributed by atoms with Gasteiger partial charge in [0.05, 0.1) is 0 Å². The van der Waals surface area contributed by atoms with E-state index in [1.54, 1.807) is 0 Å². The number of esters is 1. The van der Waals surface area contributed by atoms with Crippen molar-refractivity contribution in [2.24, 2.45) is 11.8 Å². The molecule has 2 fully saturated rings. The van der Waals surface area contributed by atoms with Gasteiger partial charge in [-0.1, -0.05) is 13.3 Å². The van der Waals surface area contributed by atoms with Crippen molar-refractivity contribution in [1.82, 2.24) is 0 Å². The zero-order valence-corrected chi connectivity index (χ0v) is 7.58. The zero-order valence-electron chi connectivity index (χ0n) is 7.58. The molecule has 0 N–H and O–H groups in total. The lowest BCUT2D eigenvalue weighted by atomic mass is 9.76. The van der Waals surface area contributed by atoms with E-state index in [9.17, 15) is 4.79 Å². The summed E-state index contributed by atoms with van der Waals surface area (Å²) in [5.74, 6) is 1.23. The minimum atomic E-state index is 0.0191. The summed E-state index contributed by atoms with van der Waals surface area (Å²) in [6.45, 7) is 2.18. The van der Waals surface area contributed by atoms with Crippen molar-refractivity contribution in [3.8, 4) is 0 Å². The summed E-state index contributed by atoms with van der Waals surface area (Å²) < 4.78 is 5.32. The average Bonchev–Trinajstić information content (AvgIpc) is 2.04. The van der Waals surface area contributed by atoms with Crippen molar-refractivity contribution in [2.45, 2.75) is 45.1 Å². The fourth-order valence-electron chi connectivity index (χ4n) is 2.55. The van der Waals surface area contributed by atoms with Crippen LogP contribution in [0.25, 0.3) is 0 Å². The smallest absolute Gasteiger partial charge is 0.306 e. The summed E-state index contributed by atoms with van der Waals surface area (Å²) in [4.78, 5) is 11.1. The minimum Gasteiger partial charge on any atom is -0.462 e. The van der Waals surface area contributed by atoms with E-state index in [1.807, 2.05) is 0 Å². The number of carbonyl (C=O) groups is 1. The number of fused-ring (bicyclic) bond motifs is 1. The van der Waals surface area contributed by atoms with Crippen molar-refractivity contribution in [1.29, 1.82) is 0 Å². The van der Waals surface area contributed by atoms with Crippen LogP contribution in [0.4, 0.5) is 0 Å². The van der Waals surface area contributed by atoms with Crippen LogP contribution in [0.15, 0.2) is 0 Å². The molecule has 2 aliphatic rings. The van der Waals surface area contributed by atoms with Gasteiger partial charge in [0, 0.05) is 6.42 Å². The summed E-state index contributed by atoms with van der Waals surface area (Å²) in [5.41, 5.74) is 0. The Morgan fingerprint density at radius 2 is 2.08 bits per heavy atom. The van der Waals surface area contributed by atoms with Gasteiger partial charge in [-0.05, 0) is 31.1 Å². The molecule has 0 amide bonds. The first-order valence-electron chi connectivity index (χ1n) is 4.97. The Morgan fingerprint density at radius 1 is 1.33 bits per heavy atom. The van der Waals surface area contributed by atoms with Crippen molar-refractivity contribution in [3.63, 3.8) is 0 Å². The Labute approximate surface area is 73.3 Å². The number of hydrogen-bond donors (Lipinski definition) is 0. The largest absolute Gasteiger partial charge is 0.462 e. The second-order valence-electron chi connectivity index (χ2n) is 4.16. The Balaban J connectivity index is 2.06. The molecular formula is C10H16O2. The Bertz CT molecular complexity index is 188. The molecule has 1 aliphatic carbocycles. The summed E-state index contributed by atoms with van der Waals surface area (Å²) in [5, 5.41) is 0. The molecule has 1 saturated heterocycles. The normalized spacial score (nSPS) is 41.8. The predicted molar refractivity (Wildman–Crippen MR) is 45.6 cm³/mol. The molecule has 0 bridgehead atoms. The van der Waals surface area contributed by atoms with Crippen molar-refractivity contribution >= 4 is 5.97 Å². The van der Waals surface area contributed by atoms with Gasteiger partial charge in [0.25, 0.3) is 0 Å². The van der Waals surface area contributed by atoms with E-state index >= 15 is 0 Å². The first-order chi connectivity index (χ1) is 5.77. The predicted octanol–water partition coefficient (Wildman–Crippen LogP) is 2.13. The van der Waals surface area contributed by atoms with E-state index in [1.165, 1.54) is 19.3 Å². The molecular weight excluding hydrogens is 152 g/mol. The van der Waals surface area contributed by atoms with E-state index in [-0.39, 0.29) is 12.1 Å². The molecule has 2 heteroatoms. The van der Waals surface area contributed by atoms with Crippen LogP contribution in [0.1, 0.15) is 39.0 Å². The van der Waals surface area contributed by atoms with Crippen LogP contribution in [-0.4, -0.2) is 12.1 Å². The van der Waals surface area contributed by atoms with Crippen molar-refractivity contribution < 1.29 is 9.53 Å². The SMILES string of the molecule is CC1CC(=O)O[C@H]2CCCC[C@@H]12. The molecule has 1 saturated carbocycles. The summed E-state index contributed by atoms with van der Waals surface area (Å²) in [6.07, 6.45) is 5.82. The summed E-state index contributed by atoms with van der Waals surface area (Å²) >= 11 is 0. The van der Waals surface area contributed by atoms with E-state index < -0.39 is 0 Å². The second kappa shape index (κ2) is 3.08. The van der Waals surface area contributed by atoms with Gasteiger partial charge in [-0.3, -0.25) is 4.79 Å². The maximum Gasteiger partial charge on any atom is 0.306 e. The average molecular weight is 168 g/mol. The van der Waals surface area contributed by atoms with E-state index in [0.717, 1.165) is 6.42 Å². The first kappa shape index (κ1) is 8.09. The number of ether oxygens (including phenoxy) is 1. The molecule has 2 rings (SSSR count). The van der Waals surface area contributed by atoms with E-state index in [2.05, 4.69) is 6.92 Å². The van der Waals surface area contributed by atoms with E-state index in [4.69, 9.17) is 4.74 Å². The third kappa shape index (κ3) is 1.35. The Kier molecular flexibility index (Phi) is 2.07. The van der Waals surface area contributed by atoms with Gasteiger partial charge in [-0.15, -0.1) is 0 Å². The molecule has 0 spiro atoms. The number of rotatable bonds is 0. The summed E-state index contributed by atoms with van der Waals surface area (Å²) in [6, 6.07) is 0. The maximum absolute atomic E-state index is 11.1. The molecule has 0 aromatic carbocycles. The monoisotopic (exact) mass is 168 g/mol. The van der Waals surface area contributed by atoms with Gasteiger partial charge in [0.15, 0.2) is 0 Å². The van der Waals surface area contributed by atoms with Gasteiger partial charge >= 0.3 is 5.97 Å². The molecule has 68 valence electrons. The molecule has 0 radical (unpaired) electrons. The van der Waals surface area contributed by atoms with Gasteiger partial charge < -0.3 is 4.74 Å². The topological polar surface area (TPSA) is 26.3 Å². The van der Waals surface area contributed by atoms with Crippen LogP contribution in [0.2, 0.25) is 0 Å². The molecule has 0 aromatic rings. The quantitative estimate of drug-likeness (QED) is 0.518. The lowest BCUT2D eigenvalue weighted by Gasteiger charge is -2.38. The highest BCUT2D eigenvalue weighted by molar-refractivity contribution is 5.70. The Hall–Kier alpha value is -0.530. The molecule has 1 unspecified atom stereocenters. The minimum absolute atomic E-state index is 0.0191. The molecule has 1 aliphatic heterocycles. The first-order valence-corrected chi connectivity index (χ1v) is 4.97. The van der Waals surface area contributed by atoms with Crippen molar-refractivity contribution in [3.05, 3.63) is 0 Å². The lowest BCUT2D eigenvalue weighted by molar-refractivity contribution is -0.165. The highest BCUT2D eigenvalue weighted by atomic mass is 16.5. The van der Waals surface area contributed by atoms with Crippen LogP contribution < -0.4 is 0 Å². The molecule has 2 nitrogen and oxygen atoms in total. The van der Waals surface area contributed by atoms with Gasteiger partial charge in [0.2, 0.25) is 0 Å². The van der Waals surface area contributed by atoms with Crippen LogP contribution in [0.3, 0.4) is 0 Å². The zero-order chi connectivity index (χ0) is 8.55. The van der Waals surface area contributed by atoms with Gasteiger partial charge in [-0.25, -0.2) is 0 Å². The third-order valence-corrected chi connectivity index (χ3v) is 3.26. The van der Waals surface area contributed by atoms with Crippen molar-refractivity contribution in [2.75, 3.05) is 0 Å². The van der Waals surface area contributed by atoms with Crippen LogP contribution in [0, 0.1) is 11.8 Å². The van der Waals surface area contributed by atoms with Gasteiger partial charge in [0.1, 0.15) is 6.10 Å². The Morgan fingerprint density at radius 3 is 2.92 bits per heavy atom. The number of carbonyl (C=O) groups excluding carboxylic acids is 1. The van der Waals surface area contributed by atoms with Gasteiger partial charge in [-0.2, -0.15) is 0 Å². The molecule has 12 heavy (non-hydrogen) atoms. The standard InChI is InChI=1S/C10H16O2/c1-7-6-10(11)12-9-5-3-2-4-8(7)9/h7-9H,2-6H2,1H3/t7?,8-,9-/m0/s1. The van der Waals surface area contributed by atoms with E-state index in [0.29, 0.717) is 18.3 Å². The fraction of sp³-hybridized carbons (Fsp3) is 0.900.